The highest BCUT2D eigenvalue weighted by Crippen LogP contribution is 2.23. The lowest BCUT2D eigenvalue weighted by Crippen LogP contribution is -2.45. The normalized spacial score (nSPS) is 17.4. The van der Waals surface area contributed by atoms with Crippen LogP contribution in [0.4, 0.5) is 0 Å². The molecule has 0 heterocycles. The number of carbonyl (C=O) groups excluding carboxylic acids is 1. The van der Waals surface area contributed by atoms with E-state index in [-0.39, 0.29) is 18.1 Å². The van der Waals surface area contributed by atoms with Crippen LogP contribution in [0.5, 0.6) is 0 Å². The molecule has 1 saturated carbocycles. The summed E-state index contributed by atoms with van der Waals surface area (Å²) >= 11 is 0. The maximum Gasteiger partial charge on any atom is 0.223 e. The molecule has 1 rings (SSSR count). The highest BCUT2D eigenvalue weighted by atomic mass is 32.2. The summed E-state index contributed by atoms with van der Waals surface area (Å²) in [5.74, 6) is -0.0546. The molecule has 1 fully saturated rings. The molecule has 0 aromatic carbocycles. The van der Waals surface area contributed by atoms with Crippen molar-refractivity contribution in [1.29, 1.82) is 0 Å². The van der Waals surface area contributed by atoms with E-state index in [4.69, 9.17) is 0 Å². The van der Waals surface area contributed by atoms with Gasteiger partial charge < -0.3 is 9.80 Å². The average molecular weight is 304 g/mol. The Balaban J connectivity index is 2.62. The molecule has 0 unspecified atom stereocenters. The van der Waals surface area contributed by atoms with E-state index in [0.717, 1.165) is 19.4 Å². The molecule has 0 radical (unpaired) electrons. The quantitative estimate of drug-likeness (QED) is 0.708. The van der Waals surface area contributed by atoms with Crippen LogP contribution in [0.25, 0.3) is 0 Å². The SMILES string of the molecule is CN(C)CCN(C(=O)CCS(C)(=O)=O)C1CCCCC1. The molecule has 0 aliphatic heterocycles. The Kier molecular flexibility index (Phi) is 6.95. The minimum absolute atomic E-state index is 0.0100. The molecule has 1 aliphatic carbocycles. The smallest absolute Gasteiger partial charge is 0.223 e. The molecule has 0 N–H and O–H groups in total. The first-order valence-corrected chi connectivity index (χ1v) is 9.47. The van der Waals surface area contributed by atoms with Gasteiger partial charge in [0.15, 0.2) is 0 Å². The van der Waals surface area contributed by atoms with Gasteiger partial charge in [-0.15, -0.1) is 0 Å². The van der Waals surface area contributed by atoms with E-state index >= 15 is 0 Å². The number of hydrogen-bond donors (Lipinski definition) is 0. The van der Waals surface area contributed by atoms with Crippen LogP contribution in [0.15, 0.2) is 0 Å². The van der Waals surface area contributed by atoms with Crippen LogP contribution in [0.3, 0.4) is 0 Å². The second-order valence-corrected chi connectivity index (χ2v) is 8.32. The summed E-state index contributed by atoms with van der Waals surface area (Å²) in [4.78, 5) is 16.3. The van der Waals surface area contributed by atoms with Gasteiger partial charge in [0.1, 0.15) is 9.84 Å². The Morgan fingerprint density at radius 2 is 1.70 bits per heavy atom. The number of carbonyl (C=O) groups is 1. The Morgan fingerprint density at radius 1 is 1.10 bits per heavy atom. The van der Waals surface area contributed by atoms with Gasteiger partial charge in [0.05, 0.1) is 5.75 Å². The van der Waals surface area contributed by atoms with E-state index in [1.54, 1.807) is 0 Å². The third-order valence-electron chi connectivity index (χ3n) is 3.81. The molecule has 6 heteroatoms. The fraction of sp³-hybridized carbons (Fsp3) is 0.929. The second kappa shape index (κ2) is 7.98. The molecule has 0 saturated heterocycles. The fourth-order valence-electron chi connectivity index (χ4n) is 2.63. The monoisotopic (exact) mass is 304 g/mol. The van der Waals surface area contributed by atoms with Crippen LogP contribution in [0.2, 0.25) is 0 Å². The molecule has 1 aliphatic rings. The zero-order valence-corrected chi connectivity index (χ0v) is 13.8. The summed E-state index contributed by atoms with van der Waals surface area (Å²) in [6.45, 7) is 1.52. The Bertz CT molecular complexity index is 401. The molecule has 20 heavy (non-hydrogen) atoms. The van der Waals surface area contributed by atoms with Gasteiger partial charge in [-0.1, -0.05) is 19.3 Å². The molecular formula is C14H28N2O3S. The first-order valence-electron chi connectivity index (χ1n) is 7.41. The molecule has 118 valence electrons. The van der Waals surface area contributed by atoms with Crippen LogP contribution >= 0.6 is 0 Å². The van der Waals surface area contributed by atoms with Crippen molar-refractivity contribution < 1.29 is 13.2 Å². The summed E-state index contributed by atoms with van der Waals surface area (Å²) in [6, 6.07) is 0.302. The molecule has 0 spiro atoms. The maximum atomic E-state index is 12.3. The van der Waals surface area contributed by atoms with Crippen LogP contribution < -0.4 is 0 Å². The van der Waals surface area contributed by atoms with Crippen molar-refractivity contribution in [2.75, 3.05) is 39.2 Å². The minimum atomic E-state index is -3.07. The topological polar surface area (TPSA) is 57.7 Å². The van der Waals surface area contributed by atoms with Crippen molar-refractivity contribution in [3.63, 3.8) is 0 Å². The van der Waals surface area contributed by atoms with Crippen LogP contribution in [-0.4, -0.2) is 69.4 Å². The van der Waals surface area contributed by atoms with Gasteiger partial charge in [-0.05, 0) is 26.9 Å². The lowest BCUT2D eigenvalue weighted by molar-refractivity contribution is -0.134. The van der Waals surface area contributed by atoms with Crippen LogP contribution in [0.1, 0.15) is 38.5 Å². The first kappa shape index (κ1) is 17.4. The number of nitrogens with zero attached hydrogens (tertiary/aromatic N) is 2. The van der Waals surface area contributed by atoms with E-state index in [2.05, 4.69) is 4.90 Å². The van der Waals surface area contributed by atoms with E-state index in [1.807, 2.05) is 19.0 Å². The zero-order chi connectivity index (χ0) is 15.2. The largest absolute Gasteiger partial charge is 0.338 e. The number of hydrogen-bond acceptors (Lipinski definition) is 4. The van der Waals surface area contributed by atoms with Gasteiger partial charge in [0.2, 0.25) is 5.91 Å². The zero-order valence-electron chi connectivity index (χ0n) is 13.0. The Labute approximate surface area is 123 Å². The highest BCUT2D eigenvalue weighted by Gasteiger charge is 2.25. The average Bonchev–Trinajstić information content (AvgIpc) is 2.36. The summed E-state index contributed by atoms with van der Waals surface area (Å²) in [5, 5.41) is 0. The van der Waals surface area contributed by atoms with E-state index < -0.39 is 9.84 Å². The van der Waals surface area contributed by atoms with Gasteiger partial charge in [-0.2, -0.15) is 0 Å². The minimum Gasteiger partial charge on any atom is -0.338 e. The Hall–Kier alpha value is -0.620. The first-order chi connectivity index (χ1) is 9.29. The van der Waals surface area contributed by atoms with Crippen molar-refractivity contribution in [1.82, 2.24) is 9.80 Å². The standard InChI is InChI=1S/C14H28N2O3S/c1-15(2)10-11-16(13-7-5-4-6-8-13)14(17)9-12-20(3,18)19/h13H,4-12H2,1-3H3. The van der Waals surface area contributed by atoms with Crippen LogP contribution in [-0.2, 0) is 14.6 Å². The third-order valence-corrected chi connectivity index (χ3v) is 4.76. The van der Waals surface area contributed by atoms with Crippen molar-refractivity contribution >= 4 is 15.7 Å². The molecule has 0 atom stereocenters. The van der Waals surface area contributed by atoms with Gasteiger partial charge in [0.25, 0.3) is 0 Å². The predicted molar refractivity (Wildman–Crippen MR) is 81.5 cm³/mol. The molecular weight excluding hydrogens is 276 g/mol. The van der Waals surface area contributed by atoms with Crippen molar-refractivity contribution in [2.45, 2.75) is 44.6 Å². The number of amides is 1. The van der Waals surface area contributed by atoms with E-state index in [0.29, 0.717) is 12.6 Å². The number of likely N-dealkylation sites (N-methyl/N-ethyl adjacent to an activating group) is 1. The van der Waals surface area contributed by atoms with Crippen LogP contribution in [0, 0.1) is 0 Å². The molecule has 0 bridgehead atoms. The van der Waals surface area contributed by atoms with E-state index in [1.165, 1.54) is 25.5 Å². The van der Waals surface area contributed by atoms with Crippen molar-refractivity contribution in [2.24, 2.45) is 0 Å². The molecule has 5 nitrogen and oxygen atoms in total. The highest BCUT2D eigenvalue weighted by molar-refractivity contribution is 7.90. The number of rotatable bonds is 7. The van der Waals surface area contributed by atoms with Gasteiger partial charge in [-0.3, -0.25) is 4.79 Å². The van der Waals surface area contributed by atoms with Gasteiger partial charge in [-0.25, -0.2) is 8.42 Å². The van der Waals surface area contributed by atoms with Crippen molar-refractivity contribution in [3.8, 4) is 0 Å². The van der Waals surface area contributed by atoms with Gasteiger partial charge >= 0.3 is 0 Å². The Morgan fingerprint density at radius 3 is 2.20 bits per heavy atom. The predicted octanol–water partition coefficient (Wildman–Crippen LogP) is 1.14. The summed E-state index contributed by atoms with van der Waals surface area (Å²) in [6.07, 6.45) is 6.99. The summed E-state index contributed by atoms with van der Waals surface area (Å²) in [7, 11) is 0.900. The second-order valence-electron chi connectivity index (χ2n) is 6.06. The van der Waals surface area contributed by atoms with Gasteiger partial charge in [0, 0.05) is 31.8 Å². The number of sulfone groups is 1. The van der Waals surface area contributed by atoms with E-state index in [9.17, 15) is 13.2 Å². The fourth-order valence-corrected chi connectivity index (χ4v) is 3.17. The van der Waals surface area contributed by atoms with Crippen molar-refractivity contribution in [3.05, 3.63) is 0 Å². The molecule has 0 aromatic rings. The molecule has 1 amide bonds. The lowest BCUT2D eigenvalue weighted by atomic mass is 9.94. The summed E-state index contributed by atoms with van der Waals surface area (Å²) < 4.78 is 22.4. The lowest BCUT2D eigenvalue weighted by Gasteiger charge is -2.35. The maximum absolute atomic E-state index is 12.3. The third kappa shape index (κ3) is 6.70. The molecule has 0 aromatic heterocycles. The summed E-state index contributed by atoms with van der Waals surface area (Å²) in [5.41, 5.74) is 0.